The molecule has 0 amide bonds. The topological polar surface area (TPSA) is 99.7 Å². The number of nitrogen functional groups attached to an aromatic ring is 2. The van der Waals surface area contributed by atoms with Gasteiger partial charge in [-0.05, 0) is 67.2 Å². The van der Waals surface area contributed by atoms with E-state index in [9.17, 15) is 0 Å². The maximum atomic E-state index is 7.60. The Morgan fingerprint density at radius 3 is 1.68 bits per heavy atom. The molecule has 28 heavy (non-hydrogen) atoms. The van der Waals surface area contributed by atoms with Crippen molar-refractivity contribution in [1.82, 2.24) is 0 Å². The molecule has 0 aliphatic heterocycles. The molecule has 2 aromatic rings. The van der Waals surface area contributed by atoms with Crippen LogP contribution in [-0.4, -0.2) is 11.7 Å². The standard InChI is InChI=1S/C24H32N4/c25-23(26)21-8-2-6-19(15-21)12-10-17-4-1-5-18(14-17)11-13-20-7-3-9-22(16-20)24(27)28/h2-3,6-9,15-18H,1,4-5,10-14H2,(H3,25,26)(H3,27,28)/t17-,18+. The minimum Gasteiger partial charge on any atom is -0.384 e. The summed E-state index contributed by atoms with van der Waals surface area (Å²) in [4.78, 5) is 0. The van der Waals surface area contributed by atoms with E-state index in [0.717, 1.165) is 35.8 Å². The second-order valence-electron chi connectivity index (χ2n) is 8.20. The third kappa shape index (κ3) is 5.69. The van der Waals surface area contributed by atoms with Gasteiger partial charge in [-0.3, -0.25) is 10.8 Å². The molecule has 0 saturated heterocycles. The van der Waals surface area contributed by atoms with Gasteiger partial charge in [0.1, 0.15) is 11.7 Å². The molecule has 2 atom stereocenters. The van der Waals surface area contributed by atoms with Gasteiger partial charge in [0.15, 0.2) is 0 Å². The molecule has 0 unspecified atom stereocenters. The van der Waals surface area contributed by atoms with Gasteiger partial charge in [-0.1, -0.05) is 55.7 Å². The van der Waals surface area contributed by atoms with E-state index in [-0.39, 0.29) is 11.7 Å². The first-order chi connectivity index (χ1) is 13.5. The minimum absolute atomic E-state index is 0.147. The average molecular weight is 377 g/mol. The zero-order valence-corrected chi connectivity index (χ0v) is 16.6. The second kappa shape index (κ2) is 9.54. The summed E-state index contributed by atoms with van der Waals surface area (Å²) < 4.78 is 0. The van der Waals surface area contributed by atoms with Gasteiger partial charge in [-0.15, -0.1) is 0 Å². The number of hydrogen-bond acceptors (Lipinski definition) is 2. The molecule has 4 heteroatoms. The Morgan fingerprint density at radius 2 is 1.25 bits per heavy atom. The molecule has 0 bridgehead atoms. The summed E-state index contributed by atoms with van der Waals surface area (Å²) in [7, 11) is 0. The fraction of sp³-hybridized carbons (Fsp3) is 0.417. The van der Waals surface area contributed by atoms with Gasteiger partial charge in [0, 0.05) is 11.1 Å². The molecule has 2 aromatic carbocycles. The molecule has 1 aliphatic rings. The number of aryl methyl sites for hydroxylation is 2. The SMILES string of the molecule is N=C(N)c1cccc(CC[C@H]2CCC[C@@H](CCc3cccc(C(=N)N)c3)C2)c1. The van der Waals surface area contributed by atoms with Crippen LogP contribution < -0.4 is 11.5 Å². The van der Waals surface area contributed by atoms with Gasteiger partial charge in [0.05, 0.1) is 0 Å². The Bertz CT molecular complexity index is 759. The smallest absolute Gasteiger partial charge is 0.122 e. The van der Waals surface area contributed by atoms with E-state index in [4.69, 9.17) is 22.3 Å². The van der Waals surface area contributed by atoms with Crippen molar-refractivity contribution in [1.29, 1.82) is 10.8 Å². The van der Waals surface area contributed by atoms with Crippen LogP contribution in [0.5, 0.6) is 0 Å². The highest BCUT2D eigenvalue weighted by atomic mass is 14.7. The number of amidine groups is 2. The van der Waals surface area contributed by atoms with Crippen LogP contribution in [0.2, 0.25) is 0 Å². The maximum Gasteiger partial charge on any atom is 0.122 e. The number of hydrogen-bond donors (Lipinski definition) is 4. The van der Waals surface area contributed by atoms with Crippen LogP contribution in [-0.2, 0) is 12.8 Å². The lowest BCUT2D eigenvalue weighted by Gasteiger charge is -2.29. The van der Waals surface area contributed by atoms with Crippen LogP contribution in [0.15, 0.2) is 48.5 Å². The van der Waals surface area contributed by atoms with Gasteiger partial charge in [0.2, 0.25) is 0 Å². The van der Waals surface area contributed by atoms with E-state index in [1.807, 2.05) is 24.3 Å². The highest BCUT2D eigenvalue weighted by Gasteiger charge is 2.21. The number of nitrogens with one attached hydrogen (secondary N) is 2. The molecule has 0 spiro atoms. The molecule has 0 aromatic heterocycles. The molecule has 0 heterocycles. The molecular formula is C24H32N4. The summed E-state index contributed by atoms with van der Waals surface area (Å²) in [6.07, 6.45) is 9.90. The van der Waals surface area contributed by atoms with E-state index < -0.39 is 0 Å². The summed E-state index contributed by atoms with van der Waals surface area (Å²) >= 11 is 0. The maximum absolute atomic E-state index is 7.60. The van der Waals surface area contributed by atoms with Crippen molar-refractivity contribution in [2.45, 2.75) is 51.4 Å². The molecule has 148 valence electrons. The minimum atomic E-state index is 0.147. The molecule has 4 nitrogen and oxygen atoms in total. The highest BCUT2D eigenvalue weighted by molar-refractivity contribution is 5.95. The Morgan fingerprint density at radius 1 is 0.786 bits per heavy atom. The normalized spacial score (nSPS) is 19.3. The van der Waals surface area contributed by atoms with Crippen LogP contribution >= 0.6 is 0 Å². The summed E-state index contributed by atoms with van der Waals surface area (Å²) in [6.45, 7) is 0. The zero-order valence-electron chi connectivity index (χ0n) is 16.6. The molecule has 0 radical (unpaired) electrons. The number of rotatable bonds is 8. The van der Waals surface area contributed by atoms with Crippen molar-refractivity contribution in [2.24, 2.45) is 23.3 Å². The van der Waals surface area contributed by atoms with Crippen molar-refractivity contribution < 1.29 is 0 Å². The predicted octanol–water partition coefficient (Wildman–Crippen LogP) is 4.63. The van der Waals surface area contributed by atoms with Gasteiger partial charge < -0.3 is 11.5 Å². The Balaban J connectivity index is 1.49. The number of benzene rings is 2. The van der Waals surface area contributed by atoms with E-state index in [1.165, 1.54) is 49.7 Å². The highest BCUT2D eigenvalue weighted by Crippen LogP contribution is 2.34. The Hall–Kier alpha value is -2.62. The van der Waals surface area contributed by atoms with Crippen molar-refractivity contribution in [3.8, 4) is 0 Å². The zero-order chi connectivity index (χ0) is 19.9. The molecular weight excluding hydrogens is 344 g/mol. The molecule has 1 fully saturated rings. The fourth-order valence-corrected chi connectivity index (χ4v) is 4.46. The summed E-state index contributed by atoms with van der Waals surface area (Å²) in [5.74, 6) is 1.88. The van der Waals surface area contributed by atoms with Crippen LogP contribution in [0.4, 0.5) is 0 Å². The summed E-state index contributed by atoms with van der Waals surface area (Å²) in [6, 6.07) is 16.2. The first kappa shape index (κ1) is 20.1. The number of nitrogens with two attached hydrogens (primary N) is 2. The quantitative estimate of drug-likeness (QED) is 0.399. The average Bonchev–Trinajstić information content (AvgIpc) is 2.71. The van der Waals surface area contributed by atoms with Gasteiger partial charge >= 0.3 is 0 Å². The molecule has 6 N–H and O–H groups in total. The summed E-state index contributed by atoms with van der Waals surface area (Å²) in [5, 5.41) is 15.2. The lowest BCUT2D eigenvalue weighted by molar-refractivity contribution is 0.244. The first-order valence-electron chi connectivity index (χ1n) is 10.4. The van der Waals surface area contributed by atoms with E-state index >= 15 is 0 Å². The van der Waals surface area contributed by atoms with Gasteiger partial charge in [-0.25, -0.2) is 0 Å². The molecule has 1 aliphatic carbocycles. The first-order valence-corrected chi connectivity index (χ1v) is 10.4. The lowest BCUT2D eigenvalue weighted by atomic mass is 9.77. The third-order valence-corrected chi connectivity index (χ3v) is 6.05. The van der Waals surface area contributed by atoms with E-state index in [0.29, 0.717) is 0 Å². The molecule has 3 rings (SSSR count). The van der Waals surface area contributed by atoms with E-state index in [2.05, 4.69) is 24.3 Å². The van der Waals surface area contributed by atoms with Crippen molar-refractivity contribution in [2.75, 3.05) is 0 Å². The van der Waals surface area contributed by atoms with Crippen LogP contribution in [0.3, 0.4) is 0 Å². The van der Waals surface area contributed by atoms with Gasteiger partial charge in [0.25, 0.3) is 0 Å². The summed E-state index contributed by atoms with van der Waals surface area (Å²) in [5.41, 5.74) is 15.5. The Kier molecular flexibility index (Phi) is 6.85. The predicted molar refractivity (Wildman–Crippen MR) is 117 cm³/mol. The Labute approximate surface area is 168 Å². The largest absolute Gasteiger partial charge is 0.384 e. The van der Waals surface area contributed by atoms with Crippen molar-refractivity contribution in [3.05, 3.63) is 70.8 Å². The fourth-order valence-electron chi connectivity index (χ4n) is 4.46. The van der Waals surface area contributed by atoms with Crippen molar-refractivity contribution >= 4 is 11.7 Å². The van der Waals surface area contributed by atoms with E-state index in [1.54, 1.807) is 0 Å². The van der Waals surface area contributed by atoms with Crippen LogP contribution in [0.25, 0.3) is 0 Å². The monoisotopic (exact) mass is 376 g/mol. The third-order valence-electron chi connectivity index (χ3n) is 6.05. The van der Waals surface area contributed by atoms with Crippen LogP contribution in [0, 0.1) is 22.7 Å². The van der Waals surface area contributed by atoms with Crippen LogP contribution in [0.1, 0.15) is 60.8 Å². The van der Waals surface area contributed by atoms with Crippen molar-refractivity contribution in [3.63, 3.8) is 0 Å². The van der Waals surface area contributed by atoms with Gasteiger partial charge in [-0.2, -0.15) is 0 Å². The second-order valence-corrected chi connectivity index (χ2v) is 8.20. The molecule has 1 saturated carbocycles. The lowest BCUT2D eigenvalue weighted by Crippen LogP contribution is -2.17.